The molecule has 0 fully saturated rings. The lowest BCUT2D eigenvalue weighted by Gasteiger charge is -2.10. The second kappa shape index (κ2) is 7.21. The third-order valence-corrected chi connectivity index (χ3v) is 4.67. The normalized spacial score (nSPS) is 11.6. The molecule has 1 aromatic heterocycles. The maximum Gasteiger partial charge on any atom is 0.416 e. The molecule has 2 aromatic carbocycles. The predicted molar refractivity (Wildman–Crippen MR) is 97.4 cm³/mol. The van der Waals surface area contributed by atoms with Crippen LogP contribution in [0.1, 0.15) is 11.1 Å². The highest BCUT2D eigenvalue weighted by Gasteiger charge is 2.29. The van der Waals surface area contributed by atoms with Crippen LogP contribution in [0.5, 0.6) is 0 Å². The van der Waals surface area contributed by atoms with E-state index in [0.29, 0.717) is 22.5 Å². The van der Waals surface area contributed by atoms with Gasteiger partial charge in [-0.1, -0.05) is 41.4 Å². The molecule has 3 aromatic rings. The van der Waals surface area contributed by atoms with E-state index in [1.54, 1.807) is 18.3 Å². The Balaban J connectivity index is 1.73. The lowest BCUT2D eigenvalue weighted by atomic mass is 10.1. The number of benzene rings is 2. The first-order chi connectivity index (χ1) is 12.3. The Labute approximate surface area is 158 Å². The van der Waals surface area contributed by atoms with Crippen LogP contribution in [-0.2, 0) is 19.8 Å². The van der Waals surface area contributed by atoms with Crippen molar-refractivity contribution in [3.63, 3.8) is 0 Å². The average Bonchev–Trinajstić information content (AvgIpc) is 2.96. The van der Waals surface area contributed by atoms with E-state index in [1.807, 2.05) is 17.7 Å². The van der Waals surface area contributed by atoms with E-state index >= 15 is 0 Å². The maximum atomic E-state index is 12.6. The summed E-state index contributed by atoms with van der Waals surface area (Å²) in [5.41, 5.74) is 1.74. The van der Waals surface area contributed by atoms with Gasteiger partial charge in [0.1, 0.15) is 0 Å². The second-order valence-corrected chi connectivity index (χ2v) is 6.52. The number of hydrogen-bond donors (Lipinski definition) is 1. The Morgan fingerprint density at radius 1 is 1.04 bits per heavy atom. The SMILES string of the molecule is Cn1c(-c2ccc(Cl)c(Cl)c2)cnc1NCc1ccc(C(F)(F)F)cc1. The van der Waals surface area contributed by atoms with Crippen LogP contribution in [0.3, 0.4) is 0 Å². The molecule has 0 radical (unpaired) electrons. The number of imidazole rings is 1. The van der Waals surface area contributed by atoms with Crippen LogP contribution >= 0.6 is 23.2 Å². The fraction of sp³-hybridized carbons (Fsp3) is 0.167. The van der Waals surface area contributed by atoms with Gasteiger partial charge in [-0.2, -0.15) is 13.2 Å². The molecule has 0 unspecified atom stereocenters. The number of aromatic nitrogens is 2. The van der Waals surface area contributed by atoms with Crippen molar-refractivity contribution in [2.45, 2.75) is 12.7 Å². The predicted octanol–water partition coefficient (Wildman–Crippen LogP) is 6.02. The van der Waals surface area contributed by atoms with Gasteiger partial charge in [-0.25, -0.2) is 4.98 Å². The topological polar surface area (TPSA) is 29.9 Å². The number of halogens is 5. The van der Waals surface area contributed by atoms with E-state index in [9.17, 15) is 13.2 Å². The molecule has 1 heterocycles. The second-order valence-electron chi connectivity index (χ2n) is 5.70. The number of hydrogen-bond acceptors (Lipinski definition) is 2. The van der Waals surface area contributed by atoms with Crippen molar-refractivity contribution >= 4 is 29.2 Å². The van der Waals surface area contributed by atoms with Crippen molar-refractivity contribution < 1.29 is 13.2 Å². The standard InChI is InChI=1S/C18H14Cl2F3N3/c1-26-16(12-4-7-14(19)15(20)8-12)10-25-17(26)24-9-11-2-5-13(6-3-11)18(21,22)23/h2-8,10H,9H2,1H3,(H,24,25). The van der Waals surface area contributed by atoms with Gasteiger partial charge in [-0.15, -0.1) is 0 Å². The van der Waals surface area contributed by atoms with Gasteiger partial charge in [-0.3, -0.25) is 0 Å². The van der Waals surface area contributed by atoms with Crippen LogP contribution < -0.4 is 5.32 Å². The van der Waals surface area contributed by atoms with Crippen LogP contribution in [0.2, 0.25) is 10.0 Å². The maximum absolute atomic E-state index is 12.6. The summed E-state index contributed by atoms with van der Waals surface area (Å²) < 4.78 is 39.6. The molecule has 136 valence electrons. The van der Waals surface area contributed by atoms with Gasteiger partial charge < -0.3 is 9.88 Å². The molecule has 26 heavy (non-hydrogen) atoms. The Hall–Kier alpha value is -2.18. The van der Waals surface area contributed by atoms with Gasteiger partial charge in [0, 0.05) is 19.2 Å². The van der Waals surface area contributed by atoms with E-state index in [-0.39, 0.29) is 0 Å². The van der Waals surface area contributed by atoms with E-state index < -0.39 is 11.7 Å². The van der Waals surface area contributed by atoms with Crippen LogP contribution in [-0.4, -0.2) is 9.55 Å². The van der Waals surface area contributed by atoms with Crippen molar-refractivity contribution in [1.82, 2.24) is 9.55 Å². The Bertz CT molecular complexity index is 918. The van der Waals surface area contributed by atoms with Gasteiger partial charge in [-0.05, 0) is 29.8 Å². The number of nitrogens with one attached hydrogen (secondary N) is 1. The first kappa shape index (κ1) is 18.6. The molecule has 0 amide bonds. The molecular formula is C18H14Cl2F3N3. The first-order valence-corrected chi connectivity index (χ1v) is 8.38. The molecule has 3 nitrogen and oxygen atoms in total. The van der Waals surface area contributed by atoms with Crippen molar-refractivity contribution in [2.75, 3.05) is 5.32 Å². The number of rotatable bonds is 4. The van der Waals surface area contributed by atoms with Gasteiger partial charge >= 0.3 is 6.18 Å². The molecule has 0 aliphatic rings. The average molecular weight is 400 g/mol. The summed E-state index contributed by atoms with van der Waals surface area (Å²) in [5.74, 6) is 0.589. The quantitative estimate of drug-likeness (QED) is 0.580. The van der Waals surface area contributed by atoms with E-state index in [4.69, 9.17) is 23.2 Å². The molecule has 1 N–H and O–H groups in total. The van der Waals surface area contributed by atoms with E-state index in [1.165, 1.54) is 12.1 Å². The van der Waals surface area contributed by atoms with Crippen LogP contribution in [0.4, 0.5) is 19.1 Å². The minimum absolute atomic E-state index is 0.351. The first-order valence-electron chi connectivity index (χ1n) is 7.63. The van der Waals surface area contributed by atoms with Gasteiger partial charge in [0.05, 0.1) is 27.5 Å². The highest BCUT2D eigenvalue weighted by atomic mass is 35.5. The summed E-state index contributed by atoms with van der Waals surface area (Å²) >= 11 is 12.0. The minimum atomic E-state index is -4.33. The van der Waals surface area contributed by atoms with Crippen molar-refractivity contribution in [3.8, 4) is 11.3 Å². The van der Waals surface area contributed by atoms with Gasteiger partial charge in [0.2, 0.25) is 5.95 Å². The fourth-order valence-corrected chi connectivity index (χ4v) is 2.79. The Morgan fingerprint density at radius 2 is 1.73 bits per heavy atom. The van der Waals surface area contributed by atoms with Gasteiger partial charge in [0.25, 0.3) is 0 Å². The minimum Gasteiger partial charge on any atom is -0.352 e. The molecule has 8 heteroatoms. The molecule has 0 bridgehead atoms. The number of nitrogens with zero attached hydrogens (tertiary/aromatic N) is 2. The number of anilines is 1. The highest BCUT2D eigenvalue weighted by molar-refractivity contribution is 6.42. The third kappa shape index (κ3) is 3.97. The largest absolute Gasteiger partial charge is 0.416 e. The molecular weight excluding hydrogens is 386 g/mol. The van der Waals surface area contributed by atoms with Crippen LogP contribution in [0.25, 0.3) is 11.3 Å². The third-order valence-electron chi connectivity index (χ3n) is 3.94. The van der Waals surface area contributed by atoms with Crippen LogP contribution in [0.15, 0.2) is 48.7 Å². The molecule has 3 rings (SSSR count). The highest BCUT2D eigenvalue weighted by Crippen LogP contribution is 2.30. The van der Waals surface area contributed by atoms with Gasteiger partial charge in [0.15, 0.2) is 0 Å². The zero-order valence-electron chi connectivity index (χ0n) is 13.6. The summed E-state index contributed by atoms with van der Waals surface area (Å²) in [4.78, 5) is 4.31. The molecule has 0 aliphatic carbocycles. The summed E-state index contributed by atoms with van der Waals surface area (Å²) in [5, 5.41) is 4.03. The summed E-state index contributed by atoms with van der Waals surface area (Å²) in [7, 11) is 1.83. The zero-order chi connectivity index (χ0) is 18.9. The lowest BCUT2D eigenvalue weighted by Crippen LogP contribution is -2.07. The van der Waals surface area contributed by atoms with E-state index in [2.05, 4.69) is 10.3 Å². The molecule has 0 saturated carbocycles. The summed E-state index contributed by atoms with van der Waals surface area (Å²) in [6.45, 7) is 0.351. The van der Waals surface area contributed by atoms with E-state index in [0.717, 1.165) is 29.0 Å². The Kier molecular flexibility index (Phi) is 5.16. The lowest BCUT2D eigenvalue weighted by molar-refractivity contribution is -0.137. The molecule has 0 aliphatic heterocycles. The summed E-state index contributed by atoms with van der Waals surface area (Å²) in [6, 6.07) is 10.3. The number of alkyl halides is 3. The summed E-state index contributed by atoms with van der Waals surface area (Å²) in [6.07, 6.45) is -2.64. The fourth-order valence-electron chi connectivity index (χ4n) is 2.49. The van der Waals surface area contributed by atoms with Crippen molar-refractivity contribution in [1.29, 1.82) is 0 Å². The molecule has 0 saturated heterocycles. The monoisotopic (exact) mass is 399 g/mol. The van der Waals surface area contributed by atoms with Crippen molar-refractivity contribution in [3.05, 3.63) is 69.8 Å². The zero-order valence-corrected chi connectivity index (χ0v) is 15.1. The molecule has 0 spiro atoms. The van der Waals surface area contributed by atoms with Crippen LogP contribution in [0, 0.1) is 0 Å². The molecule has 0 atom stereocenters. The smallest absolute Gasteiger partial charge is 0.352 e. The Morgan fingerprint density at radius 3 is 2.35 bits per heavy atom. The van der Waals surface area contributed by atoms with Crippen molar-refractivity contribution in [2.24, 2.45) is 7.05 Å².